The van der Waals surface area contributed by atoms with Crippen LogP contribution in [0.25, 0.3) is 6.08 Å². The molecule has 0 aliphatic heterocycles. The third kappa shape index (κ3) is 8.40. The lowest BCUT2D eigenvalue weighted by atomic mass is 9.82. The minimum Gasteiger partial charge on any atom is -0.347 e. The van der Waals surface area contributed by atoms with Gasteiger partial charge in [0.25, 0.3) is 5.91 Å². The van der Waals surface area contributed by atoms with Gasteiger partial charge in [0, 0.05) is 19.8 Å². The molecule has 8 heteroatoms. The zero-order valence-electron chi connectivity index (χ0n) is 21.3. The maximum absolute atomic E-state index is 13.5. The van der Waals surface area contributed by atoms with Crippen LogP contribution in [0, 0.1) is 23.7 Å². The Labute approximate surface area is 207 Å². The van der Waals surface area contributed by atoms with Gasteiger partial charge in [-0.3, -0.25) is 25.0 Å². The van der Waals surface area contributed by atoms with Crippen LogP contribution in [0.2, 0.25) is 0 Å². The van der Waals surface area contributed by atoms with Crippen LogP contribution >= 0.6 is 0 Å². The summed E-state index contributed by atoms with van der Waals surface area (Å²) in [5, 5.41) is 10.7. The molecule has 0 fully saturated rings. The van der Waals surface area contributed by atoms with E-state index in [-0.39, 0.29) is 24.2 Å². The summed E-state index contributed by atoms with van der Waals surface area (Å²) in [4.78, 5) is 39.4. The highest BCUT2D eigenvalue weighted by Crippen LogP contribution is 2.26. The highest BCUT2D eigenvalue weighted by atomic mass is 16.5. The zero-order chi connectivity index (χ0) is 26.0. The monoisotopic (exact) mass is 482 g/mol. The average Bonchev–Trinajstić information content (AvgIpc) is 3.25. The molecule has 0 spiro atoms. The number of carbonyl (C=O) groups excluding carboxylic acids is 3. The maximum Gasteiger partial charge on any atom is 0.288 e. The number of allylic oxidation sites excluding steroid dienone is 1. The fourth-order valence-electron chi connectivity index (χ4n) is 4.00. The normalized spacial score (nSPS) is 13.1. The Bertz CT molecular complexity index is 998. The summed E-state index contributed by atoms with van der Waals surface area (Å²) in [6, 6.07) is 13.1. The molecule has 0 aliphatic rings. The standard InChI is InChI=1S/C27H38N4O4/c1-19(2)17-23(22(26(33)29-35)14-9-13-21-11-7-6-8-12-21)25(32)28-31(18-20(3)4)27(34)24-15-10-16-30(24)5/h6-13,15-16,19-20,22-23,35H,14,17-18H2,1-5H3,(H,28,32)(H,29,33)/b13-9+/t22-,23+/m0/s1. The number of hydrazine groups is 1. The Morgan fingerprint density at radius 1 is 0.971 bits per heavy atom. The van der Waals surface area contributed by atoms with Gasteiger partial charge in [-0.15, -0.1) is 0 Å². The fourth-order valence-corrected chi connectivity index (χ4v) is 4.00. The van der Waals surface area contributed by atoms with E-state index in [1.165, 1.54) is 5.01 Å². The van der Waals surface area contributed by atoms with Crippen molar-refractivity contribution in [1.82, 2.24) is 20.5 Å². The van der Waals surface area contributed by atoms with E-state index in [4.69, 9.17) is 0 Å². The Morgan fingerprint density at radius 2 is 1.66 bits per heavy atom. The topological polar surface area (TPSA) is 104 Å². The fraction of sp³-hybridized carbons (Fsp3) is 0.444. The maximum atomic E-state index is 13.5. The zero-order valence-corrected chi connectivity index (χ0v) is 21.3. The Kier molecular flexibility index (Phi) is 10.7. The summed E-state index contributed by atoms with van der Waals surface area (Å²) in [6.45, 7) is 8.16. The molecule has 2 rings (SSSR count). The minimum absolute atomic E-state index is 0.105. The van der Waals surface area contributed by atoms with E-state index in [1.54, 1.807) is 35.4 Å². The number of aromatic nitrogens is 1. The van der Waals surface area contributed by atoms with Gasteiger partial charge in [0.15, 0.2) is 0 Å². The third-order valence-corrected chi connectivity index (χ3v) is 5.70. The van der Waals surface area contributed by atoms with Gasteiger partial charge < -0.3 is 4.57 Å². The lowest BCUT2D eigenvalue weighted by Crippen LogP contribution is -2.52. The van der Waals surface area contributed by atoms with Crippen molar-refractivity contribution in [1.29, 1.82) is 0 Å². The van der Waals surface area contributed by atoms with Gasteiger partial charge in [0.2, 0.25) is 11.8 Å². The third-order valence-electron chi connectivity index (χ3n) is 5.70. The molecule has 2 atom stereocenters. The first-order valence-corrected chi connectivity index (χ1v) is 12.0. The van der Waals surface area contributed by atoms with E-state index < -0.39 is 23.7 Å². The minimum atomic E-state index is -0.812. The van der Waals surface area contributed by atoms with Crippen LogP contribution in [0.4, 0.5) is 0 Å². The molecule has 0 saturated carbocycles. The van der Waals surface area contributed by atoms with E-state index in [2.05, 4.69) is 5.43 Å². The van der Waals surface area contributed by atoms with Crippen molar-refractivity contribution in [3.8, 4) is 0 Å². The number of amides is 3. The summed E-state index contributed by atoms with van der Waals surface area (Å²) >= 11 is 0. The summed E-state index contributed by atoms with van der Waals surface area (Å²) in [6.07, 6.45) is 6.15. The Balaban J connectivity index is 2.29. The second-order valence-electron chi connectivity index (χ2n) is 9.66. The molecule has 0 saturated heterocycles. The molecule has 2 aromatic rings. The summed E-state index contributed by atoms with van der Waals surface area (Å²) in [5.41, 5.74) is 5.92. The number of hydrogen-bond donors (Lipinski definition) is 3. The van der Waals surface area contributed by atoms with Gasteiger partial charge in [-0.1, -0.05) is 70.2 Å². The van der Waals surface area contributed by atoms with Crippen molar-refractivity contribution in [2.24, 2.45) is 30.7 Å². The van der Waals surface area contributed by atoms with Crippen molar-refractivity contribution < 1.29 is 19.6 Å². The predicted molar refractivity (Wildman–Crippen MR) is 136 cm³/mol. The van der Waals surface area contributed by atoms with Crippen LogP contribution in [-0.4, -0.2) is 39.0 Å². The SMILES string of the molecule is CC(C)C[C@@H](C(=O)NN(CC(C)C)C(=O)c1cccn1C)[C@H](C/C=C/c1ccccc1)C(=O)NO. The number of rotatable bonds is 11. The van der Waals surface area contributed by atoms with Crippen LogP contribution < -0.4 is 10.9 Å². The largest absolute Gasteiger partial charge is 0.347 e. The van der Waals surface area contributed by atoms with Crippen molar-refractivity contribution >= 4 is 23.8 Å². The number of hydroxylamine groups is 1. The van der Waals surface area contributed by atoms with Crippen LogP contribution in [0.3, 0.4) is 0 Å². The first-order chi connectivity index (χ1) is 16.6. The van der Waals surface area contributed by atoms with Crippen molar-refractivity contribution in [2.45, 2.75) is 40.5 Å². The first kappa shape index (κ1) is 27.9. The first-order valence-electron chi connectivity index (χ1n) is 12.0. The van der Waals surface area contributed by atoms with E-state index in [0.717, 1.165) is 5.56 Å². The van der Waals surface area contributed by atoms with Gasteiger partial charge in [0.1, 0.15) is 5.69 Å². The molecule has 0 unspecified atom stereocenters. The van der Waals surface area contributed by atoms with Crippen molar-refractivity contribution in [3.05, 3.63) is 66.0 Å². The molecule has 3 amide bonds. The molecule has 0 aliphatic carbocycles. The highest BCUT2D eigenvalue weighted by Gasteiger charge is 2.35. The lowest BCUT2D eigenvalue weighted by molar-refractivity contribution is -0.142. The molecule has 8 nitrogen and oxygen atoms in total. The summed E-state index contributed by atoms with van der Waals surface area (Å²) < 4.78 is 1.70. The van der Waals surface area contributed by atoms with Crippen molar-refractivity contribution in [3.63, 3.8) is 0 Å². The summed E-state index contributed by atoms with van der Waals surface area (Å²) in [7, 11) is 1.77. The molecule has 1 aromatic heterocycles. The quantitative estimate of drug-likeness (QED) is 0.332. The molecule has 3 N–H and O–H groups in total. The van der Waals surface area contributed by atoms with Gasteiger partial charge in [-0.2, -0.15) is 0 Å². The number of hydrogen-bond acceptors (Lipinski definition) is 4. The number of nitrogens with zero attached hydrogens (tertiary/aromatic N) is 2. The Hall–Kier alpha value is -3.39. The van der Waals surface area contributed by atoms with E-state index in [9.17, 15) is 19.6 Å². The predicted octanol–water partition coefficient (Wildman–Crippen LogP) is 4.04. The number of carbonyl (C=O) groups is 3. The van der Waals surface area contributed by atoms with Crippen LogP contribution in [0.5, 0.6) is 0 Å². The van der Waals surface area contributed by atoms with Gasteiger partial charge >= 0.3 is 0 Å². The highest BCUT2D eigenvalue weighted by molar-refractivity contribution is 5.95. The van der Waals surface area contributed by atoms with E-state index in [0.29, 0.717) is 18.7 Å². The van der Waals surface area contributed by atoms with Gasteiger partial charge in [-0.05, 0) is 42.4 Å². The lowest BCUT2D eigenvalue weighted by Gasteiger charge is -2.30. The molecule has 190 valence electrons. The summed E-state index contributed by atoms with van der Waals surface area (Å²) in [5.74, 6) is -2.73. The van der Waals surface area contributed by atoms with Crippen LogP contribution in [0.1, 0.15) is 56.6 Å². The van der Waals surface area contributed by atoms with Crippen LogP contribution in [-0.2, 0) is 16.6 Å². The second kappa shape index (κ2) is 13.5. The van der Waals surface area contributed by atoms with Crippen LogP contribution in [0.15, 0.2) is 54.7 Å². The molecule has 0 bridgehead atoms. The smallest absolute Gasteiger partial charge is 0.288 e. The van der Waals surface area contributed by atoms with E-state index in [1.807, 2.05) is 70.2 Å². The number of benzene rings is 1. The van der Waals surface area contributed by atoms with Crippen molar-refractivity contribution in [2.75, 3.05) is 6.54 Å². The molecular weight excluding hydrogens is 444 g/mol. The average molecular weight is 483 g/mol. The molecule has 1 heterocycles. The Morgan fingerprint density at radius 3 is 2.20 bits per heavy atom. The molecule has 35 heavy (non-hydrogen) atoms. The van der Waals surface area contributed by atoms with E-state index >= 15 is 0 Å². The molecule has 0 radical (unpaired) electrons. The number of aryl methyl sites for hydroxylation is 1. The molecule has 1 aromatic carbocycles. The molecular formula is C27H38N4O4. The second-order valence-corrected chi connectivity index (χ2v) is 9.66. The van der Waals surface area contributed by atoms with Gasteiger partial charge in [-0.25, -0.2) is 10.5 Å². The number of nitrogens with one attached hydrogen (secondary N) is 2. The van der Waals surface area contributed by atoms with Gasteiger partial charge in [0.05, 0.1) is 11.8 Å².